The number of rotatable bonds is 16. The van der Waals surface area contributed by atoms with Crippen LogP contribution in [0.25, 0.3) is 10.8 Å². The van der Waals surface area contributed by atoms with E-state index < -0.39 is 47.9 Å². The SMILES string of the molecule is N=C(N)NCCC[C@H](NC(=O)[C@@H](N)Cc1ccccc1)C(=O)N[C@@H](Cc1ccc2ccccc2c1)C(=O)N[C@@H](CS)C(=O)O. The Balaban J connectivity index is 1.81. The summed E-state index contributed by atoms with van der Waals surface area (Å²) >= 11 is 4.02. The lowest BCUT2D eigenvalue weighted by Gasteiger charge is -2.25. The topological polar surface area (TPSA) is 213 Å². The highest BCUT2D eigenvalue weighted by atomic mass is 32.1. The number of nitrogens with two attached hydrogens (primary N) is 2. The molecule has 234 valence electrons. The lowest BCUT2D eigenvalue weighted by molar-refractivity contribution is -0.141. The van der Waals surface area contributed by atoms with Gasteiger partial charge >= 0.3 is 5.97 Å². The Kier molecular flexibility index (Phi) is 13.0. The number of carboxylic acids is 1. The second kappa shape index (κ2) is 16.9. The summed E-state index contributed by atoms with van der Waals surface area (Å²) in [6.07, 6.45) is 0.810. The zero-order valence-corrected chi connectivity index (χ0v) is 25.1. The first-order valence-corrected chi connectivity index (χ1v) is 14.8. The highest BCUT2D eigenvalue weighted by Crippen LogP contribution is 2.17. The van der Waals surface area contributed by atoms with E-state index in [-0.39, 0.29) is 37.5 Å². The van der Waals surface area contributed by atoms with Gasteiger partial charge in [0, 0.05) is 18.7 Å². The molecule has 10 N–H and O–H groups in total. The molecule has 3 aromatic rings. The van der Waals surface area contributed by atoms with Crippen molar-refractivity contribution in [3.63, 3.8) is 0 Å². The summed E-state index contributed by atoms with van der Waals surface area (Å²) < 4.78 is 0. The van der Waals surface area contributed by atoms with Crippen molar-refractivity contribution in [2.45, 2.75) is 49.9 Å². The van der Waals surface area contributed by atoms with Crippen LogP contribution in [0.3, 0.4) is 0 Å². The average Bonchev–Trinajstić information content (AvgIpc) is 3.00. The lowest BCUT2D eigenvalue weighted by Crippen LogP contribution is -2.58. The van der Waals surface area contributed by atoms with Gasteiger partial charge in [0.25, 0.3) is 0 Å². The van der Waals surface area contributed by atoms with Crippen molar-refractivity contribution in [3.05, 3.63) is 83.9 Å². The molecular formula is C31H39N7O5S. The van der Waals surface area contributed by atoms with E-state index in [4.69, 9.17) is 16.9 Å². The number of benzene rings is 3. The summed E-state index contributed by atoms with van der Waals surface area (Å²) in [4.78, 5) is 51.6. The number of amides is 3. The van der Waals surface area contributed by atoms with Crippen molar-refractivity contribution in [2.24, 2.45) is 11.5 Å². The van der Waals surface area contributed by atoms with E-state index in [0.29, 0.717) is 6.42 Å². The lowest BCUT2D eigenvalue weighted by atomic mass is 10.00. The standard InChI is InChI=1S/C31H39N7O5S/c32-23(16-19-7-2-1-3-8-19)27(39)36-24(11-6-14-35-31(33)34)28(40)37-25(29(41)38-26(18-44)30(42)43)17-20-12-13-21-9-4-5-10-22(21)15-20/h1-5,7-10,12-13,15,23-26,44H,6,11,14,16-18,32H2,(H,36,39)(H,37,40)(H,38,41)(H,42,43)(H4,33,34,35)/t23-,24-,25-,26-/m0/s1. The number of carbonyl (C=O) groups is 4. The predicted molar refractivity (Wildman–Crippen MR) is 172 cm³/mol. The van der Waals surface area contributed by atoms with Crippen molar-refractivity contribution in [3.8, 4) is 0 Å². The van der Waals surface area contributed by atoms with E-state index >= 15 is 0 Å². The number of hydrogen-bond acceptors (Lipinski definition) is 7. The summed E-state index contributed by atoms with van der Waals surface area (Å²) in [6, 6.07) is 18.0. The van der Waals surface area contributed by atoms with Gasteiger partial charge < -0.3 is 37.8 Å². The molecule has 0 saturated carbocycles. The minimum absolute atomic E-state index is 0.0569. The van der Waals surface area contributed by atoms with Crippen molar-refractivity contribution in [1.29, 1.82) is 5.41 Å². The Bertz CT molecular complexity index is 1460. The molecule has 0 radical (unpaired) electrons. The van der Waals surface area contributed by atoms with Crippen LogP contribution in [0.15, 0.2) is 72.8 Å². The van der Waals surface area contributed by atoms with Crippen LogP contribution in [0.1, 0.15) is 24.0 Å². The first-order valence-electron chi connectivity index (χ1n) is 14.2. The number of guanidine groups is 1. The van der Waals surface area contributed by atoms with Crippen LogP contribution >= 0.6 is 12.6 Å². The molecule has 0 unspecified atom stereocenters. The van der Waals surface area contributed by atoms with Gasteiger partial charge in [0.15, 0.2) is 5.96 Å². The molecule has 44 heavy (non-hydrogen) atoms. The molecule has 3 amide bonds. The maximum atomic E-state index is 13.6. The van der Waals surface area contributed by atoms with Crippen molar-refractivity contribution in [2.75, 3.05) is 12.3 Å². The minimum Gasteiger partial charge on any atom is -0.480 e. The quantitative estimate of drug-likeness (QED) is 0.0479. The molecule has 0 aliphatic heterocycles. The summed E-state index contributed by atoms with van der Waals surface area (Å²) in [5.74, 6) is -3.56. The molecule has 0 aromatic heterocycles. The van der Waals surface area contributed by atoms with Gasteiger partial charge in [-0.3, -0.25) is 19.8 Å². The van der Waals surface area contributed by atoms with Crippen molar-refractivity contribution >= 4 is 53.1 Å². The third kappa shape index (κ3) is 10.6. The van der Waals surface area contributed by atoms with E-state index in [1.165, 1.54) is 0 Å². The maximum Gasteiger partial charge on any atom is 0.327 e. The second-order valence-corrected chi connectivity index (χ2v) is 10.7. The molecule has 0 aliphatic carbocycles. The van der Waals surface area contributed by atoms with Gasteiger partial charge in [0.1, 0.15) is 18.1 Å². The molecule has 0 aliphatic rings. The third-order valence-corrected chi connectivity index (χ3v) is 7.30. The number of fused-ring (bicyclic) bond motifs is 1. The molecule has 0 spiro atoms. The zero-order chi connectivity index (χ0) is 32.1. The predicted octanol–water partition coefficient (Wildman–Crippen LogP) is 0.684. The number of aliphatic carboxylic acids is 1. The molecule has 0 heterocycles. The fourth-order valence-corrected chi connectivity index (χ4v) is 4.83. The van der Waals surface area contributed by atoms with E-state index in [1.54, 1.807) is 0 Å². The van der Waals surface area contributed by atoms with Crippen LogP contribution in [0.2, 0.25) is 0 Å². The van der Waals surface area contributed by atoms with E-state index in [2.05, 4.69) is 33.9 Å². The van der Waals surface area contributed by atoms with Crippen LogP contribution in [0.5, 0.6) is 0 Å². The zero-order valence-electron chi connectivity index (χ0n) is 24.2. The van der Waals surface area contributed by atoms with Crippen molar-refractivity contribution < 1.29 is 24.3 Å². The van der Waals surface area contributed by atoms with Gasteiger partial charge in [0.2, 0.25) is 17.7 Å². The maximum absolute atomic E-state index is 13.6. The van der Waals surface area contributed by atoms with E-state index in [1.807, 2.05) is 72.8 Å². The first-order chi connectivity index (χ1) is 21.1. The molecule has 12 nitrogen and oxygen atoms in total. The minimum atomic E-state index is -1.27. The number of thiol groups is 1. The summed E-state index contributed by atoms with van der Waals surface area (Å²) in [6.45, 7) is 0.272. The molecule has 13 heteroatoms. The average molecular weight is 622 g/mol. The van der Waals surface area contributed by atoms with Gasteiger partial charge in [-0.1, -0.05) is 72.8 Å². The van der Waals surface area contributed by atoms with Gasteiger partial charge in [-0.15, -0.1) is 0 Å². The highest BCUT2D eigenvalue weighted by molar-refractivity contribution is 7.80. The molecule has 0 bridgehead atoms. The van der Waals surface area contributed by atoms with Gasteiger partial charge in [-0.05, 0) is 41.2 Å². The Morgan fingerprint density at radius 2 is 1.39 bits per heavy atom. The van der Waals surface area contributed by atoms with Gasteiger partial charge in [-0.2, -0.15) is 12.6 Å². The number of carbonyl (C=O) groups excluding carboxylic acids is 3. The fraction of sp³-hybridized carbons (Fsp3) is 0.323. The van der Waals surface area contributed by atoms with Crippen molar-refractivity contribution in [1.82, 2.24) is 21.3 Å². The van der Waals surface area contributed by atoms with Crippen LogP contribution < -0.4 is 32.7 Å². The monoisotopic (exact) mass is 621 g/mol. The normalized spacial score (nSPS) is 13.6. The Hall–Kier alpha value is -4.62. The third-order valence-electron chi connectivity index (χ3n) is 6.94. The first kappa shape index (κ1) is 33.9. The number of hydrogen-bond donors (Lipinski definition) is 9. The summed E-state index contributed by atoms with van der Waals surface area (Å²) in [5, 5.41) is 29.2. The Morgan fingerprint density at radius 1 is 0.773 bits per heavy atom. The molecule has 4 atom stereocenters. The molecule has 0 saturated heterocycles. The van der Waals surface area contributed by atoms with Crippen LogP contribution in [-0.4, -0.2) is 71.2 Å². The van der Waals surface area contributed by atoms with Gasteiger partial charge in [0.05, 0.1) is 6.04 Å². The van der Waals surface area contributed by atoms with Crippen LogP contribution in [-0.2, 0) is 32.0 Å². The molecular weight excluding hydrogens is 582 g/mol. The Labute approximate surface area is 261 Å². The second-order valence-electron chi connectivity index (χ2n) is 10.4. The summed E-state index contributed by atoms with van der Waals surface area (Å²) in [7, 11) is 0. The number of nitrogens with one attached hydrogen (secondary N) is 5. The van der Waals surface area contributed by atoms with Gasteiger partial charge in [-0.25, -0.2) is 4.79 Å². The van der Waals surface area contributed by atoms with Crippen LogP contribution in [0.4, 0.5) is 0 Å². The number of carboxylic acid groups (broad SMARTS) is 1. The van der Waals surface area contributed by atoms with E-state index in [9.17, 15) is 24.3 Å². The molecule has 0 fully saturated rings. The smallest absolute Gasteiger partial charge is 0.327 e. The summed E-state index contributed by atoms with van der Waals surface area (Å²) in [5.41, 5.74) is 13.1. The molecule has 3 aromatic carbocycles. The highest BCUT2D eigenvalue weighted by Gasteiger charge is 2.30. The Morgan fingerprint density at radius 3 is 2.05 bits per heavy atom. The van der Waals surface area contributed by atoms with Crippen LogP contribution in [0, 0.1) is 5.41 Å². The fourth-order valence-electron chi connectivity index (χ4n) is 4.58. The van der Waals surface area contributed by atoms with E-state index in [0.717, 1.165) is 21.9 Å². The molecule has 3 rings (SSSR count). The largest absolute Gasteiger partial charge is 0.480 e.